The summed E-state index contributed by atoms with van der Waals surface area (Å²) in [5, 5.41) is 3.05. The van der Waals surface area contributed by atoms with Crippen LogP contribution in [-0.4, -0.2) is 46.6 Å². The molecule has 0 unspecified atom stereocenters. The van der Waals surface area contributed by atoms with Gasteiger partial charge in [0.25, 0.3) is 0 Å². The van der Waals surface area contributed by atoms with Crippen molar-refractivity contribution in [2.45, 2.75) is 18.4 Å². The molecule has 114 valence electrons. The van der Waals surface area contributed by atoms with E-state index in [0.717, 1.165) is 6.07 Å². The number of ether oxygens (including phenoxy) is 1. The molecule has 1 aromatic carbocycles. The number of nitrogens with zero attached hydrogens (tertiary/aromatic N) is 1. The number of likely N-dealkylation sites (N-methyl/N-ethyl adjacent to an activating group) is 1. The third kappa shape index (κ3) is 4.24. The topological polar surface area (TPSA) is 58.6 Å². The average molecular weight is 304 g/mol. The number of sulfonamides is 1. The summed E-state index contributed by atoms with van der Waals surface area (Å²) in [5.41, 5.74) is 0.553. The fourth-order valence-electron chi connectivity index (χ4n) is 1.68. The summed E-state index contributed by atoms with van der Waals surface area (Å²) in [6.07, 6.45) is 0. The Morgan fingerprint density at radius 2 is 2.10 bits per heavy atom. The van der Waals surface area contributed by atoms with E-state index in [-0.39, 0.29) is 18.0 Å². The van der Waals surface area contributed by atoms with E-state index in [4.69, 9.17) is 4.74 Å². The Labute approximate surface area is 119 Å². The van der Waals surface area contributed by atoms with E-state index in [9.17, 15) is 12.8 Å². The number of hydrogen-bond donors (Lipinski definition) is 1. The van der Waals surface area contributed by atoms with E-state index in [1.54, 1.807) is 0 Å². The van der Waals surface area contributed by atoms with Gasteiger partial charge in [0.1, 0.15) is 5.82 Å². The molecule has 0 aliphatic heterocycles. The highest BCUT2D eigenvalue weighted by Crippen LogP contribution is 2.20. The van der Waals surface area contributed by atoms with Crippen molar-refractivity contribution < 1.29 is 17.5 Å². The van der Waals surface area contributed by atoms with Gasteiger partial charge in [-0.3, -0.25) is 0 Å². The van der Waals surface area contributed by atoms with Gasteiger partial charge in [-0.1, -0.05) is 13.0 Å². The molecule has 0 aromatic heterocycles. The second kappa shape index (κ2) is 7.68. The number of hydrogen-bond acceptors (Lipinski definition) is 4. The largest absolute Gasteiger partial charge is 0.383 e. The molecular weight excluding hydrogens is 283 g/mol. The van der Waals surface area contributed by atoms with Crippen LogP contribution in [0.3, 0.4) is 0 Å². The molecule has 1 rings (SSSR count). The van der Waals surface area contributed by atoms with Gasteiger partial charge >= 0.3 is 0 Å². The van der Waals surface area contributed by atoms with Gasteiger partial charge in [-0.25, -0.2) is 12.8 Å². The Morgan fingerprint density at radius 3 is 2.70 bits per heavy atom. The predicted octanol–water partition coefficient (Wildman–Crippen LogP) is 1.20. The van der Waals surface area contributed by atoms with Gasteiger partial charge < -0.3 is 10.1 Å². The monoisotopic (exact) mass is 304 g/mol. The minimum atomic E-state index is -3.72. The van der Waals surface area contributed by atoms with Crippen molar-refractivity contribution in [2.75, 3.05) is 33.9 Å². The Morgan fingerprint density at radius 1 is 1.40 bits per heavy atom. The van der Waals surface area contributed by atoms with Crippen molar-refractivity contribution in [3.63, 3.8) is 0 Å². The fraction of sp³-hybridized carbons (Fsp3) is 0.538. The number of nitrogens with one attached hydrogen (secondary N) is 1. The zero-order chi connectivity index (χ0) is 15.2. The molecular formula is C13H21FN2O3S. The Kier molecular flexibility index (Phi) is 6.54. The summed E-state index contributed by atoms with van der Waals surface area (Å²) in [6.45, 7) is 3.51. The van der Waals surface area contributed by atoms with E-state index in [1.165, 1.54) is 30.6 Å². The second-order valence-corrected chi connectivity index (χ2v) is 6.37. The first kappa shape index (κ1) is 17.0. The fourth-order valence-corrected chi connectivity index (χ4v) is 3.07. The maximum Gasteiger partial charge on any atom is 0.243 e. The standard InChI is InChI=1S/C13H21FN2O3S/c1-4-15-10-11-5-6-12(14)9-13(11)20(17,18)16(2)7-8-19-3/h5-6,9,15H,4,7-8,10H2,1-3H3. The first-order valence-electron chi connectivity index (χ1n) is 6.38. The molecule has 0 spiro atoms. The minimum Gasteiger partial charge on any atom is -0.383 e. The van der Waals surface area contributed by atoms with Crippen LogP contribution in [0.15, 0.2) is 23.1 Å². The van der Waals surface area contributed by atoms with Crippen LogP contribution < -0.4 is 5.32 Å². The highest BCUT2D eigenvalue weighted by atomic mass is 32.2. The van der Waals surface area contributed by atoms with Crippen LogP contribution >= 0.6 is 0 Å². The van der Waals surface area contributed by atoms with Crippen LogP contribution in [0.25, 0.3) is 0 Å². The molecule has 0 heterocycles. The molecule has 0 saturated carbocycles. The Balaban J connectivity index is 3.11. The first-order valence-corrected chi connectivity index (χ1v) is 7.82. The highest BCUT2D eigenvalue weighted by Gasteiger charge is 2.24. The minimum absolute atomic E-state index is 0.00273. The summed E-state index contributed by atoms with van der Waals surface area (Å²) in [7, 11) is -0.768. The van der Waals surface area contributed by atoms with Gasteiger partial charge in [0.2, 0.25) is 10.0 Å². The van der Waals surface area contributed by atoms with Crippen LogP contribution in [-0.2, 0) is 21.3 Å². The maximum atomic E-state index is 13.4. The number of halogens is 1. The molecule has 0 saturated heterocycles. The zero-order valence-electron chi connectivity index (χ0n) is 12.0. The lowest BCUT2D eigenvalue weighted by Gasteiger charge is -2.19. The first-order chi connectivity index (χ1) is 9.43. The average Bonchev–Trinajstić information content (AvgIpc) is 2.43. The summed E-state index contributed by atoms with van der Waals surface area (Å²) < 4.78 is 44.3. The van der Waals surface area contributed by atoms with E-state index < -0.39 is 15.8 Å². The van der Waals surface area contributed by atoms with Crippen LogP contribution in [0.1, 0.15) is 12.5 Å². The van der Waals surface area contributed by atoms with Gasteiger partial charge in [-0.2, -0.15) is 4.31 Å². The Hall–Kier alpha value is -1.02. The molecule has 0 aliphatic rings. The van der Waals surface area contributed by atoms with Crippen molar-refractivity contribution in [3.8, 4) is 0 Å². The van der Waals surface area contributed by atoms with Crippen molar-refractivity contribution in [2.24, 2.45) is 0 Å². The number of methoxy groups -OCH3 is 1. The molecule has 0 atom stereocenters. The molecule has 7 heteroatoms. The predicted molar refractivity (Wildman–Crippen MR) is 75.5 cm³/mol. The van der Waals surface area contributed by atoms with Gasteiger partial charge in [-0.15, -0.1) is 0 Å². The molecule has 1 N–H and O–H groups in total. The van der Waals surface area contributed by atoms with Crippen molar-refractivity contribution in [1.29, 1.82) is 0 Å². The van der Waals surface area contributed by atoms with Crippen molar-refractivity contribution in [3.05, 3.63) is 29.6 Å². The SMILES string of the molecule is CCNCc1ccc(F)cc1S(=O)(=O)N(C)CCOC. The van der Waals surface area contributed by atoms with Crippen LogP contribution in [0.2, 0.25) is 0 Å². The lowest BCUT2D eigenvalue weighted by Crippen LogP contribution is -2.31. The van der Waals surface area contributed by atoms with E-state index >= 15 is 0 Å². The van der Waals surface area contributed by atoms with E-state index in [1.807, 2.05) is 6.92 Å². The second-order valence-electron chi connectivity index (χ2n) is 4.35. The van der Waals surface area contributed by atoms with Crippen LogP contribution in [0, 0.1) is 5.82 Å². The molecule has 5 nitrogen and oxygen atoms in total. The highest BCUT2D eigenvalue weighted by molar-refractivity contribution is 7.89. The quantitative estimate of drug-likeness (QED) is 0.784. The zero-order valence-corrected chi connectivity index (χ0v) is 12.8. The molecule has 20 heavy (non-hydrogen) atoms. The van der Waals surface area contributed by atoms with Crippen LogP contribution in [0.5, 0.6) is 0 Å². The smallest absolute Gasteiger partial charge is 0.243 e. The Bertz CT molecular complexity index is 534. The van der Waals surface area contributed by atoms with Crippen molar-refractivity contribution in [1.82, 2.24) is 9.62 Å². The summed E-state index contributed by atoms with van der Waals surface area (Å²) in [4.78, 5) is -0.00273. The maximum absolute atomic E-state index is 13.4. The summed E-state index contributed by atoms with van der Waals surface area (Å²) in [5.74, 6) is -0.566. The lowest BCUT2D eigenvalue weighted by molar-refractivity contribution is 0.185. The van der Waals surface area contributed by atoms with Gasteiger partial charge in [0.05, 0.1) is 11.5 Å². The number of benzene rings is 1. The third-order valence-corrected chi connectivity index (χ3v) is 4.83. The van der Waals surface area contributed by atoms with Crippen LogP contribution in [0.4, 0.5) is 4.39 Å². The summed E-state index contributed by atoms with van der Waals surface area (Å²) in [6, 6.07) is 3.82. The van der Waals surface area contributed by atoms with E-state index in [2.05, 4.69) is 5.32 Å². The molecule has 0 aliphatic carbocycles. The molecule has 0 fully saturated rings. The molecule has 0 radical (unpaired) electrons. The molecule has 0 amide bonds. The number of rotatable bonds is 8. The third-order valence-electron chi connectivity index (χ3n) is 2.89. The van der Waals surface area contributed by atoms with Crippen molar-refractivity contribution >= 4 is 10.0 Å². The van der Waals surface area contributed by atoms with Gasteiger partial charge in [0.15, 0.2) is 0 Å². The normalized spacial score (nSPS) is 12.1. The van der Waals surface area contributed by atoms with E-state index in [0.29, 0.717) is 18.7 Å². The lowest BCUT2D eigenvalue weighted by atomic mass is 10.2. The van der Waals surface area contributed by atoms with Gasteiger partial charge in [0, 0.05) is 27.2 Å². The summed E-state index contributed by atoms with van der Waals surface area (Å²) >= 11 is 0. The van der Waals surface area contributed by atoms with Gasteiger partial charge in [-0.05, 0) is 24.2 Å². The molecule has 1 aromatic rings. The molecule has 0 bridgehead atoms.